The van der Waals surface area contributed by atoms with Gasteiger partial charge in [-0.2, -0.15) is 0 Å². The Kier molecular flexibility index (Phi) is 6.53. The van der Waals surface area contributed by atoms with Crippen LogP contribution in [-0.4, -0.2) is 48.8 Å². The van der Waals surface area contributed by atoms with Crippen molar-refractivity contribution in [2.75, 3.05) is 39.0 Å². The normalized spacial score (nSPS) is 16.7. The minimum Gasteiger partial charge on any atom is -0.297 e. The Hall–Kier alpha value is -1.55. The minimum absolute atomic E-state index is 1.05. The van der Waals surface area contributed by atoms with Gasteiger partial charge in [0.15, 0.2) is 0 Å². The Morgan fingerprint density at radius 2 is 1.54 bits per heavy atom. The number of piperazine rings is 1. The molecule has 0 radical (unpaired) electrons. The van der Waals surface area contributed by atoms with E-state index in [-0.39, 0.29) is 0 Å². The molecule has 2 aromatic carbocycles. The second kappa shape index (κ2) is 9.07. The first-order valence-electron chi connectivity index (χ1n) is 8.63. The van der Waals surface area contributed by atoms with Gasteiger partial charge in [-0.1, -0.05) is 54.6 Å². The highest BCUT2D eigenvalue weighted by molar-refractivity contribution is 7.98. The molecular formula is C21H26N2S. The number of hydrogen-bond donors (Lipinski definition) is 0. The largest absolute Gasteiger partial charge is 0.297 e. The second-order valence-corrected chi connectivity index (χ2v) is 7.12. The molecule has 0 atom stereocenters. The third-order valence-electron chi connectivity index (χ3n) is 4.50. The lowest BCUT2D eigenvalue weighted by Crippen LogP contribution is -2.45. The van der Waals surface area contributed by atoms with Crippen LogP contribution in [0.4, 0.5) is 0 Å². The van der Waals surface area contributed by atoms with Crippen molar-refractivity contribution in [2.45, 2.75) is 11.4 Å². The third-order valence-corrected chi connectivity index (χ3v) is 5.25. The highest BCUT2D eigenvalue weighted by Crippen LogP contribution is 2.16. The Labute approximate surface area is 150 Å². The fraction of sp³-hybridized carbons (Fsp3) is 0.333. The molecule has 1 aliphatic heterocycles. The quantitative estimate of drug-likeness (QED) is 0.728. The summed E-state index contributed by atoms with van der Waals surface area (Å²) in [4.78, 5) is 6.44. The van der Waals surface area contributed by atoms with Gasteiger partial charge in [0.2, 0.25) is 0 Å². The Balaban J connectivity index is 1.41. The first-order chi connectivity index (χ1) is 11.8. The summed E-state index contributed by atoms with van der Waals surface area (Å²) in [6.45, 7) is 6.74. The first-order valence-corrected chi connectivity index (χ1v) is 9.85. The molecule has 0 spiro atoms. The maximum atomic E-state index is 2.56. The van der Waals surface area contributed by atoms with Crippen molar-refractivity contribution >= 4 is 17.8 Å². The molecule has 1 fully saturated rings. The highest BCUT2D eigenvalue weighted by Gasteiger charge is 2.15. The van der Waals surface area contributed by atoms with E-state index in [0.717, 1.165) is 39.3 Å². The topological polar surface area (TPSA) is 6.48 Å². The summed E-state index contributed by atoms with van der Waals surface area (Å²) in [6, 6.07) is 19.5. The maximum Gasteiger partial charge on any atom is 0.0234 e. The van der Waals surface area contributed by atoms with Gasteiger partial charge in [0, 0.05) is 44.2 Å². The van der Waals surface area contributed by atoms with E-state index in [2.05, 4.69) is 82.8 Å². The standard InChI is InChI=1S/C21H26N2S/c1-24-21-11-9-20(10-12-21)18-23-16-14-22(15-17-23)13-5-8-19-6-3-2-4-7-19/h2-12H,13-18H2,1H3/b8-5+. The Morgan fingerprint density at radius 1 is 0.875 bits per heavy atom. The van der Waals surface area contributed by atoms with E-state index >= 15 is 0 Å². The van der Waals surface area contributed by atoms with Gasteiger partial charge in [0.1, 0.15) is 0 Å². The first kappa shape index (κ1) is 17.3. The van der Waals surface area contributed by atoms with Crippen LogP contribution in [0.3, 0.4) is 0 Å². The van der Waals surface area contributed by atoms with Crippen LogP contribution in [0.1, 0.15) is 11.1 Å². The molecule has 0 aliphatic carbocycles. The molecule has 2 aromatic rings. The van der Waals surface area contributed by atoms with Crippen molar-refractivity contribution in [3.8, 4) is 0 Å². The summed E-state index contributed by atoms with van der Waals surface area (Å²) < 4.78 is 0. The highest BCUT2D eigenvalue weighted by atomic mass is 32.2. The molecular weight excluding hydrogens is 312 g/mol. The molecule has 3 rings (SSSR count). The summed E-state index contributed by atoms with van der Waals surface area (Å²) in [5.41, 5.74) is 2.70. The van der Waals surface area contributed by atoms with E-state index < -0.39 is 0 Å². The van der Waals surface area contributed by atoms with Crippen LogP contribution in [0.2, 0.25) is 0 Å². The Bertz CT molecular complexity index is 629. The fourth-order valence-electron chi connectivity index (χ4n) is 3.02. The molecule has 2 nitrogen and oxygen atoms in total. The van der Waals surface area contributed by atoms with Crippen molar-refractivity contribution in [1.82, 2.24) is 9.80 Å². The monoisotopic (exact) mass is 338 g/mol. The SMILES string of the molecule is CSc1ccc(CN2CCN(C/C=C/c3ccccc3)CC2)cc1. The van der Waals surface area contributed by atoms with Crippen LogP contribution in [0.15, 0.2) is 65.6 Å². The zero-order chi connectivity index (χ0) is 16.6. The molecule has 0 N–H and O–H groups in total. The van der Waals surface area contributed by atoms with Crippen LogP contribution in [0.5, 0.6) is 0 Å². The summed E-state index contributed by atoms with van der Waals surface area (Å²) in [5.74, 6) is 0. The molecule has 24 heavy (non-hydrogen) atoms. The van der Waals surface area contributed by atoms with Crippen LogP contribution in [-0.2, 0) is 6.54 Å². The van der Waals surface area contributed by atoms with E-state index in [0.29, 0.717) is 0 Å². The van der Waals surface area contributed by atoms with Gasteiger partial charge in [0.05, 0.1) is 0 Å². The molecule has 1 heterocycles. The minimum atomic E-state index is 1.05. The molecule has 3 heteroatoms. The lowest BCUT2D eigenvalue weighted by atomic mass is 10.2. The van der Waals surface area contributed by atoms with Gasteiger partial charge in [-0.05, 0) is 29.5 Å². The molecule has 0 bridgehead atoms. The molecule has 0 aromatic heterocycles. The van der Waals surface area contributed by atoms with Crippen LogP contribution < -0.4 is 0 Å². The van der Waals surface area contributed by atoms with Gasteiger partial charge in [-0.3, -0.25) is 9.80 Å². The van der Waals surface area contributed by atoms with Gasteiger partial charge >= 0.3 is 0 Å². The van der Waals surface area contributed by atoms with Crippen molar-refractivity contribution in [1.29, 1.82) is 0 Å². The van der Waals surface area contributed by atoms with Crippen molar-refractivity contribution in [3.63, 3.8) is 0 Å². The van der Waals surface area contributed by atoms with Gasteiger partial charge in [-0.15, -0.1) is 11.8 Å². The molecule has 0 amide bonds. The molecule has 0 unspecified atom stereocenters. The lowest BCUT2D eigenvalue weighted by molar-refractivity contribution is 0.137. The van der Waals surface area contributed by atoms with Crippen LogP contribution in [0.25, 0.3) is 6.08 Å². The van der Waals surface area contributed by atoms with Gasteiger partial charge < -0.3 is 0 Å². The summed E-state index contributed by atoms with van der Waals surface area (Å²) in [7, 11) is 0. The number of rotatable bonds is 6. The number of benzene rings is 2. The summed E-state index contributed by atoms with van der Waals surface area (Å²) >= 11 is 1.80. The predicted octanol–water partition coefficient (Wildman–Crippen LogP) is 4.24. The third kappa shape index (κ3) is 5.23. The van der Waals surface area contributed by atoms with Gasteiger partial charge in [0.25, 0.3) is 0 Å². The fourth-order valence-corrected chi connectivity index (χ4v) is 3.43. The zero-order valence-corrected chi connectivity index (χ0v) is 15.2. The van der Waals surface area contributed by atoms with Crippen LogP contribution in [0, 0.1) is 0 Å². The van der Waals surface area contributed by atoms with E-state index in [1.54, 1.807) is 11.8 Å². The van der Waals surface area contributed by atoms with E-state index in [4.69, 9.17) is 0 Å². The van der Waals surface area contributed by atoms with E-state index in [9.17, 15) is 0 Å². The lowest BCUT2D eigenvalue weighted by Gasteiger charge is -2.34. The summed E-state index contributed by atoms with van der Waals surface area (Å²) in [6.07, 6.45) is 6.63. The van der Waals surface area contributed by atoms with Crippen LogP contribution >= 0.6 is 11.8 Å². The molecule has 1 aliphatic rings. The smallest absolute Gasteiger partial charge is 0.0234 e. The van der Waals surface area contributed by atoms with Crippen molar-refractivity contribution < 1.29 is 0 Å². The Morgan fingerprint density at radius 3 is 2.21 bits per heavy atom. The number of hydrogen-bond acceptors (Lipinski definition) is 3. The summed E-state index contributed by atoms with van der Waals surface area (Å²) in [5, 5.41) is 0. The zero-order valence-electron chi connectivity index (χ0n) is 14.4. The number of thioether (sulfide) groups is 1. The molecule has 1 saturated heterocycles. The van der Waals surface area contributed by atoms with Gasteiger partial charge in [-0.25, -0.2) is 0 Å². The average molecular weight is 339 g/mol. The van der Waals surface area contributed by atoms with Crippen molar-refractivity contribution in [2.24, 2.45) is 0 Å². The van der Waals surface area contributed by atoms with Crippen molar-refractivity contribution in [3.05, 3.63) is 71.8 Å². The van der Waals surface area contributed by atoms with E-state index in [1.807, 2.05) is 0 Å². The predicted molar refractivity (Wildman–Crippen MR) is 105 cm³/mol. The molecule has 0 saturated carbocycles. The average Bonchev–Trinajstić information content (AvgIpc) is 2.65. The maximum absolute atomic E-state index is 2.56. The molecule has 126 valence electrons. The van der Waals surface area contributed by atoms with E-state index in [1.165, 1.54) is 16.0 Å². The second-order valence-electron chi connectivity index (χ2n) is 6.24. The number of nitrogens with zero attached hydrogens (tertiary/aromatic N) is 2.